The van der Waals surface area contributed by atoms with E-state index in [1.807, 2.05) is 0 Å². The first-order valence-electron chi connectivity index (χ1n) is 13.4. The number of ether oxygens (including phenoxy) is 2. The molecule has 0 spiro atoms. The molecular formula is C30H24ClF3N6O3. The van der Waals surface area contributed by atoms with Crippen LogP contribution in [0.1, 0.15) is 0 Å². The van der Waals surface area contributed by atoms with Gasteiger partial charge in [0, 0.05) is 42.7 Å². The highest BCUT2D eigenvalue weighted by molar-refractivity contribution is 6.36. The third-order valence-corrected chi connectivity index (χ3v) is 7.94. The van der Waals surface area contributed by atoms with Crippen LogP contribution in [0.4, 0.5) is 19.0 Å². The minimum absolute atomic E-state index is 0.0789. The van der Waals surface area contributed by atoms with Crippen LogP contribution in [0.15, 0.2) is 48.9 Å². The van der Waals surface area contributed by atoms with Crippen molar-refractivity contribution in [2.45, 2.75) is 6.04 Å². The summed E-state index contributed by atoms with van der Waals surface area (Å²) in [6.45, 7) is 12.1. The zero-order valence-electron chi connectivity index (χ0n) is 22.7. The lowest BCUT2D eigenvalue weighted by Gasteiger charge is -2.39. The molecule has 9 nitrogen and oxygen atoms in total. The lowest BCUT2D eigenvalue weighted by molar-refractivity contribution is -0.131. The molecule has 2 aliphatic heterocycles. The fourth-order valence-electron chi connectivity index (χ4n) is 5.33. The molecule has 2 aromatic carbocycles. The standard InChI is InChI=1S/C30H24ClF3N6O3/c1-16(32)29(41)40-9-8-39(12-19(40)10-35-2)28-21-11-36-26(20-5-3-4-18-6-7-22(33)24(31)23(18)20)25(34)27(21)37-30(38-28)43-15-17-13-42-14-17/h3-7,11,17,19H,1,8-10,12-15H2/t19-/m0/s1. The number of pyridine rings is 1. The van der Waals surface area contributed by atoms with Crippen molar-refractivity contribution in [3.8, 4) is 17.3 Å². The minimum atomic E-state index is -1.11. The number of piperazine rings is 1. The number of carbonyl (C=O) groups excluding carboxylic acids is 1. The zero-order valence-corrected chi connectivity index (χ0v) is 23.5. The van der Waals surface area contributed by atoms with E-state index in [-0.39, 0.29) is 77.7 Å². The Labute approximate surface area is 249 Å². The van der Waals surface area contributed by atoms with E-state index in [0.29, 0.717) is 24.0 Å². The predicted octanol–water partition coefficient (Wildman–Crippen LogP) is 5.22. The van der Waals surface area contributed by atoms with E-state index in [0.717, 1.165) is 0 Å². The lowest BCUT2D eigenvalue weighted by atomic mass is 10.0. The SMILES string of the molecule is [C-]#[N+]C[C@H]1CN(c2nc(OCC3COC3)nc3c(F)c(-c4cccc5ccc(F)c(Cl)c45)ncc23)CCN1C(=O)C(=C)F. The quantitative estimate of drug-likeness (QED) is 0.210. The average Bonchev–Trinajstić information content (AvgIpc) is 2.98. The van der Waals surface area contributed by atoms with Gasteiger partial charge in [0.05, 0.1) is 30.2 Å². The largest absolute Gasteiger partial charge is 0.463 e. The molecule has 2 fully saturated rings. The number of amides is 1. The molecule has 4 heterocycles. The Balaban J connectivity index is 1.46. The van der Waals surface area contributed by atoms with Crippen LogP contribution in [-0.4, -0.2) is 77.8 Å². The van der Waals surface area contributed by atoms with Crippen molar-refractivity contribution in [2.75, 3.05) is 50.9 Å². The molecule has 1 atom stereocenters. The number of rotatable bonds is 7. The van der Waals surface area contributed by atoms with Crippen LogP contribution in [-0.2, 0) is 9.53 Å². The first-order chi connectivity index (χ1) is 20.8. The Morgan fingerprint density at radius 3 is 2.74 bits per heavy atom. The summed E-state index contributed by atoms with van der Waals surface area (Å²) in [6, 6.07) is 7.08. The summed E-state index contributed by atoms with van der Waals surface area (Å²) in [6.07, 6.45) is 1.42. The van der Waals surface area contributed by atoms with Gasteiger partial charge in [0.25, 0.3) is 5.91 Å². The second-order valence-corrected chi connectivity index (χ2v) is 10.7. The maximum Gasteiger partial charge on any atom is 0.319 e. The highest BCUT2D eigenvalue weighted by atomic mass is 35.5. The smallest absolute Gasteiger partial charge is 0.319 e. The van der Waals surface area contributed by atoms with Crippen LogP contribution in [0, 0.1) is 24.1 Å². The van der Waals surface area contributed by atoms with E-state index in [1.54, 1.807) is 29.2 Å². The van der Waals surface area contributed by atoms with E-state index in [1.165, 1.54) is 17.2 Å². The molecule has 2 aromatic heterocycles. The van der Waals surface area contributed by atoms with Gasteiger partial charge in [0.1, 0.15) is 28.9 Å². The summed E-state index contributed by atoms with van der Waals surface area (Å²) in [5, 5.41) is 1.02. The van der Waals surface area contributed by atoms with Crippen molar-refractivity contribution >= 4 is 45.0 Å². The number of carbonyl (C=O) groups is 1. The Morgan fingerprint density at radius 1 is 1.21 bits per heavy atom. The van der Waals surface area contributed by atoms with Crippen molar-refractivity contribution < 1.29 is 27.4 Å². The maximum absolute atomic E-state index is 16.4. The number of aromatic nitrogens is 3. The van der Waals surface area contributed by atoms with Crippen molar-refractivity contribution in [1.29, 1.82) is 0 Å². The number of hydrogen-bond donors (Lipinski definition) is 0. The molecule has 6 rings (SSSR count). The van der Waals surface area contributed by atoms with Gasteiger partial charge in [-0.25, -0.2) is 19.7 Å². The van der Waals surface area contributed by atoms with Gasteiger partial charge in [-0.1, -0.05) is 42.4 Å². The molecule has 0 unspecified atom stereocenters. The molecule has 2 saturated heterocycles. The highest BCUT2D eigenvalue weighted by Gasteiger charge is 2.35. The van der Waals surface area contributed by atoms with Gasteiger partial charge in [-0.05, 0) is 11.5 Å². The van der Waals surface area contributed by atoms with Crippen LogP contribution in [0.3, 0.4) is 0 Å². The Bertz CT molecular complexity index is 1810. The number of halogens is 4. The molecule has 4 aromatic rings. The van der Waals surface area contributed by atoms with Crippen LogP contribution < -0.4 is 9.64 Å². The molecule has 2 aliphatic rings. The Morgan fingerprint density at radius 2 is 2.02 bits per heavy atom. The highest BCUT2D eigenvalue weighted by Crippen LogP contribution is 2.38. The van der Waals surface area contributed by atoms with Gasteiger partial charge in [0.2, 0.25) is 6.54 Å². The van der Waals surface area contributed by atoms with Crippen LogP contribution in [0.25, 0.3) is 37.8 Å². The number of nitrogens with zero attached hydrogens (tertiary/aromatic N) is 6. The van der Waals surface area contributed by atoms with Crippen molar-refractivity contribution in [3.63, 3.8) is 0 Å². The van der Waals surface area contributed by atoms with E-state index in [2.05, 4.69) is 26.4 Å². The van der Waals surface area contributed by atoms with Gasteiger partial charge in [-0.2, -0.15) is 9.97 Å². The summed E-state index contributed by atoms with van der Waals surface area (Å²) in [4.78, 5) is 32.3. The Hall–Kier alpha value is -4.47. The van der Waals surface area contributed by atoms with E-state index in [9.17, 15) is 13.6 Å². The minimum Gasteiger partial charge on any atom is -0.463 e. The number of hydrogen-bond acceptors (Lipinski definition) is 7. The summed E-state index contributed by atoms with van der Waals surface area (Å²) in [5.41, 5.74) is 0.111. The molecule has 0 saturated carbocycles. The normalized spacial score (nSPS) is 17.1. The monoisotopic (exact) mass is 608 g/mol. The van der Waals surface area contributed by atoms with Gasteiger partial charge >= 0.3 is 6.01 Å². The van der Waals surface area contributed by atoms with Crippen molar-refractivity contribution in [3.05, 3.63) is 77.0 Å². The lowest BCUT2D eigenvalue weighted by Crippen LogP contribution is -2.56. The van der Waals surface area contributed by atoms with Gasteiger partial charge < -0.3 is 24.1 Å². The second-order valence-electron chi connectivity index (χ2n) is 10.3. The summed E-state index contributed by atoms with van der Waals surface area (Å²) >= 11 is 6.32. The third kappa shape index (κ3) is 5.30. The molecule has 220 valence electrons. The third-order valence-electron chi connectivity index (χ3n) is 7.57. The van der Waals surface area contributed by atoms with Gasteiger partial charge in [0.15, 0.2) is 11.6 Å². The Kier molecular flexibility index (Phi) is 7.77. The predicted molar refractivity (Wildman–Crippen MR) is 154 cm³/mol. The van der Waals surface area contributed by atoms with Crippen molar-refractivity contribution in [2.24, 2.45) is 5.92 Å². The topological polar surface area (TPSA) is 85.0 Å². The fourth-order valence-corrected chi connectivity index (χ4v) is 5.60. The van der Waals surface area contributed by atoms with Crippen LogP contribution >= 0.6 is 11.6 Å². The number of anilines is 1. The number of benzene rings is 2. The van der Waals surface area contributed by atoms with Gasteiger partial charge in [-0.3, -0.25) is 9.78 Å². The number of fused-ring (bicyclic) bond motifs is 2. The molecule has 1 amide bonds. The van der Waals surface area contributed by atoms with E-state index < -0.39 is 29.4 Å². The molecule has 0 bridgehead atoms. The average molecular weight is 609 g/mol. The molecule has 13 heteroatoms. The van der Waals surface area contributed by atoms with E-state index >= 15 is 4.39 Å². The first-order valence-corrected chi connectivity index (χ1v) is 13.8. The first kappa shape index (κ1) is 28.6. The molecule has 0 N–H and O–H groups in total. The molecular weight excluding hydrogens is 585 g/mol. The molecule has 43 heavy (non-hydrogen) atoms. The van der Waals surface area contributed by atoms with Crippen LogP contribution in [0.5, 0.6) is 6.01 Å². The summed E-state index contributed by atoms with van der Waals surface area (Å²) < 4.78 is 55.7. The molecule has 0 aliphatic carbocycles. The summed E-state index contributed by atoms with van der Waals surface area (Å²) in [7, 11) is 0. The fraction of sp³-hybridized carbons (Fsp3) is 0.300. The van der Waals surface area contributed by atoms with Crippen LogP contribution in [0.2, 0.25) is 5.02 Å². The second kappa shape index (κ2) is 11.7. The molecule has 0 radical (unpaired) electrons. The van der Waals surface area contributed by atoms with Gasteiger partial charge in [-0.15, -0.1) is 0 Å². The van der Waals surface area contributed by atoms with E-state index in [4.69, 9.17) is 27.6 Å². The zero-order chi connectivity index (χ0) is 30.2. The maximum atomic E-state index is 16.4. The van der Waals surface area contributed by atoms with Crippen molar-refractivity contribution in [1.82, 2.24) is 19.9 Å². The summed E-state index contributed by atoms with van der Waals surface area (Å²) in [5.74, 6) is -3.00.